The van der Waals surface area contributed by atoms with E-state index >= 15 is 0 Å². The minimum Gasteiger partial charge on any atom is -0.476 e. The minimum atomic E-state index is -1.04. The van der Waals surface area contributed by atoms with Crippen LogP contribution in [0.4, 0.5) is 0 Å². The molecule has 0 aromatic carbocycles. The second-order valence-corrected chi connectivity index (χ2v) is 7.37. The lowest BCUT2D eigenvalue weighted by atomic mass is 9.96. The van der Waals surface area contributed by atoms with Crippen LogP contribution in [0.2, 0.25) is 0 Å². The molecule has 0 saturated heterocycles. The highest BCUT2D eigenvalue weighted by molar-refractivity contribution is 7.09. The number of hydrogen-bond donors (Lipinski definition) is 1. The van der Waals surface area contributed by atoms with Crippen LogP contribution in [0.15, 0.2) is 5.38 Å². The predicted molar refractivity (Wildman–Crippen MR) is 110 cm³/mol. The van der Waals surface area contributed by atoms with Crippen molar-refractivity contribution >= 4 is 23.2 Å². The number of amides is 1. The third-order valence-corrected chi connectivity index (χ3v) is 5.18. The molecule has 0 bridgehead atoms. The molecule has 6 nitrogen and oxygen atoms in total. The van der Waals surface area contributed by atoms with Crippen LogP contribution in [0, 0.1) is 5.92 Å². The standard InChI is InChI=1S/C18H30N2O4S.C2H6/c1-6-8-9-16(21)20(5)14(12(3)4)10-15(24-7-2)17-19-13(11-25-17)18(22)23;1-2/h11-12,14-15H,6-10H2,1-5H3,(H,22,23);1-2H3/t14?,15-;/m1./s1. The summed E-state index contributed by atoms with van der Waals surface area (Å²) in [6.45, 7) is 12.6. The van der Waals surface area contributed by atoms with Gasteiger partial charge in [-0.25, -0.2) is 9.78 Å². The Morgan fingerprint density at radius 3 is 2.37 bits per heavy atom. The Morgan fingerprint density at radius 1 is 1.30 bits per heavy atom. The van der Waals surface area contributed by atoms with E-state index in [0.717, 1.165) is 12.8 Å². The van der Waals surface area contributed by atoms with Gasteiger partial charge in [0.1, 0.15) is 11.1 Å². The summed E-state index contributed by atoms with van der Waals surface area (Å²) in [4.78, 5) is 29.5. The van der Waals surface area contributed by atoms with E-state index in [0.29, 0.717) is 24.5 Å². The number of ether oxygens (including phenoxy) is 1. The summed E-state index contributed by atoms with van der Waals surface area (Å²) < 4.78 is 5.83. The molecule has 0 fully saturated rings. The Morgan fingerprint density at radius 2 is 1.93 bits per heavy atom. The van der Waals surface area contributed by atoms with Crippen molar-refractivity contribution in [3.8, 4) is 0 Å². The molecular weight excluding hydrogens is 364 g/mol. The molecule has 0 aliphatic rings. The quantitative estimate of drug-likeness (QED) is 0.565. The van der Waals surface area contributed by atoms with Crippen LogP contribution in [-0.4, -0.2) is 46.6 Å². The highest BCUT2D eigenvalue weighted by atomic mass is 32.1. The average molecular weight is 401 g/mol. The highest BCUT2D eigenvalue weighted by Gasteiger charge is 2.29. The fraction of sp³-hybridized carbons (Fsp3) is 0.750. The van der Waals surface area contributed by atoms with Gasteiger partial charge in [0.2, 0.25) is 5.91 Å². The lowest BCUT2D eigenvalue weighted by Gasteiger charge is -2.33. The van der Waals surface area contributed by atoms with Gasteiger partial charge in [0.05, 0.1) is 0 Å². The molecule has 27 heavy (non-hydrogen) atoms. The Hall–Kier alpha value is -1.47. The second-order valence-electron chi connectivity index (χ2n) is 6.48. The van der Waals surface area contributed by atoms with E-state index in [1.54, 1.807) is 0 Å². The number of aromatic carboxylic acids is 1. The summed E-state index contributed by atoms with van der Waals surface area (Å²) in [5.74, 6) is -0.636. The summed E-state index contributed by atoms with van der Waals surface area (Å²) in [7, 11) is 1.84. The number of aromatic nitrogens is 1. The number of unbranched alkanes of at least 4 members (excludes halogenated alkanes) is 1. The van der Waals surface area contributed by atoms with Crippen molar-refractivity contribution in [2.75, 3.05) is 13.7 Å². The molecule has 0 radical (unpaired) electrons. The fourth-order valence-electron chi connectivity index (χ4n) is 2.76. The number of carboxylic acid groups (broad SMARTS) is 1. The first-order chi connectivity index (χ1) is 12.8. The second kappa shape index (κ2) is 13.7. The molecule has 1 aromatic rings. The third kappa shape index (κ3) is 8.39. The van der Waals surface area contributed by atoms with Gasteiger partial charge in [-0.05, 0) is 19.3 Å². The van der Waals surface area contributed by atoms with Gasteiger partial charge in [-0.15, -0.1) is 11.3 Å². The Kier molecular flexibility index (Phi) is 12.9. The smallest absolute Gasteiger partial charge is 0.355 e. The van der Waals surface area contributed by atoms with Crippen LogP contribution in [-0.2, 0) is 9.53 Å². The lowest BCUT2D eigenvalue weighted by Crippen LogP contribution is -2.41. The normalized spacial score (nSPS) is 12.9. The van der Waals surface area contributed by atoms with Gasteiger partial charge in [0.15, 0.2) is 5.69 Å². The first-order valence-corrected chi connectivity index (χ1v) is 10.8. The Labute approximate surface area is 167 Å². The van der Waals surface area contributed by atoms with Crippen LogP contribution in [0.3, 0.4) is 0 Å². The highest BCUT2D eigenvalue weighted by Crippen LogP contribution is 2.30. The van der Waals surface area contributed by atoms with E-state index in [1.165, 1.54) is 16.7 Å². The summed E-state index contributed by atoms with van der Waals surface area (Å²) in [6.07, 6.45) is 2.72. The molecule has 7 heteroatoms. The number of nitrogens with zero attached hydrogens (tertiary/aromatic N) is 2. The Bertz CT molecular complexity index is 560. The third-order valence-electron chi connectivity index (χ3n) is 4.24. The van der Waals surface area contributed by atoms with E-state index in [2.05, 4.69) is 25.8 Å². The topological polar surface area (TPSA) is 79.7 Å². The van der Waals surface area contributed by atoms with Crippen molar-refractivity contribution in [3.63, 3.8) is 0 Å². The van der Waals surface area contributed by atoms with Gasteiger partial charge in [0, 0.05) is 37.9 Å². The van der Waals surface area contributed by atoms with Crippen LogP contribution >= 0.6 is 11.3 Å². The molecule has 0 saturated carbocycles. The first-order valence-electron chi connectivity index (χ1n) is 9.87. The van der Waals surface area contributed by atoms with Gasteiger partial charge >= 0.3 is 5.97 Å². The monoisotopic (exact) mass is 400 g/mol. The summed E-state index contributed by atoms with van der Waals surface area (Å²) in [5, 5.41) is 11.3. The predicted octanol–water partition coefficient (Wildman–Crippen LogP) is 5.01. The summed E-state index contributed by atoms with van der Waals surface area (Å²) in [5.41, 5.74) is 0.0400. The van der Waals surface area contributed by atoms with Crippen molar-refractivity contribution in [2.45, 2.75) is 79.4 Å². The number of thiazole rings is 1. The van der Waals surface area contributed by atoms with Gasteiger partial charge in [-0.3, -0.25) is 4.79 Å². The number of carboxylic acids is 1. The zero-order valence-corrected chi connectivity index (χ0v) is 18.6. The van der Waals surface area contributed by atoms with Crippen LogP contribution < -0.4 is 0 Å². The van der Waals surface area contributed by atoms with E-state index in [9.17, 15) is 9.59 Å². The van der Waals surface area contributed by atoms with E-state index < -0.39 is 5.97 Å². The average Bonchev–Trinajstić information content (AvgIpc) is 3.14. The maximum absolute atomic E-state index is 12.4. The molecular formula is C20H36N2O4S. The number of carbonyl (C=O) groups excluding carboxylic acids is 1. The molecule has 0 aliphatic carbocycles. The van der Waals surface area contributed by atoms with E-state index in [1.807, 2.05) is 32.7 Å². The summed E-state index contributed by atoms with van der Waals surface area (Å²) >= 11 is 1.29. The molecule has 1 unspecified atom stereocenters. The number of rotatable bonds is 11. The van der Waals surface area contributed by atoms with Crippen molar-refractivity contribution in [1.82, 2.24) is 9.88 Å². The fourth-order valence-corrected chi connectivity index (χ4v) is 3.61. The Balaban J connectivity index is 0.00000326. The maximum Gasteiger partial charge on any atom is 0.355 e. The SMILES string of the molecule is CC.CCCCC(=O)N(C)C(C[C@@H](OCC)c1nc(C(=O)O)cs1)C(C)C. The number of carbonyl (C=O) groups is 2. The lowest BCUT2D eigenvalue weighted by molar-refractivity contribution is -0.133. The van der Waals surface area contributed by atoms with Gasteiger partial charge in [0.25, 0.3) is 0 Å². The molecule has 0 aliphatic heterocycles. The van der Waals surface area contributed by atoms with Crippen molar-refractivity contribution < 1.29 is 19.4 Å². The minimum absolute atomic E-state index is 0.0121. The molecule has 1 rings (SSSR count). The zero-order chi connectivity index (χ0) is 21.0. The summed E-state index contributed by atoms with van der Waals surface area (Å²) in [6, 6.07) is 0.0121. The van der Waals surface area contributed by atoms with Crippen LogP contribution in [0.25, 0.3) is 0 Å². The molecule has 0 spiro atoms. The van der Waals surface area contributed by atoms with Crippen LogP contribution in [0.1, 0.15) is 88.8 Å². The maximum atomic E-state index is 12.4. The van der Waals surface area contributed by atoms with Gasteiger partial charge in [-0.2, -0.15) is 0 Å². The van der Waals surface area contributed by atoms with Gasteiger partial charge < -0.3 is 14.7 Å². The van der Waals surface area contributed by atoms with Crippen LogP contribution in [0.5, 0.6) is 0 Å². The van der Waals surface area contributed by atoms with Gasteiger partial charge in [-0.1, -0.05) is 41.0 Å². The van der Waals surface area contributed by atoms with Crippen molar-refractivity contribution in [1.29, 1.82) is 0 Å². The van der Waals surface area contributed by atoms with E-state index in [4.69, 9.17) is 9.84 Å². The number of hydrogen-bond acceptors (Lipinski definition) is 5. The molecule has 156 valence electrons. The van der Waals surface area contributed by atoms with E-state index in [-0.39, 0.29) is 29.7 Å². The van der Waals surface area contributed by atoms with Crippen molar-refractivity contribution in [2.24, 2.45) is 5.92 Å². The molecule has 1 heterocycles. The molecule has 1 amide bonds. The molecule has 1 aromatic heterocycles. The molecule has 1 N–H and O–H groups in total. The first kappa shape index (κ1) is 25.5. The zero-order valence-electron chi connectivity index (χ0n) is 17.8. The van der Waals surface area contributed by atoms with Crippen molar-refractivity contribution in [3.05, 3.63) is 16.1 Å². The largest absolute Gasteiger partial charge is 0.476 e. The molecule has 2 atom stereocenters.